The van der Waals surface area contributed by atoms with E-state index < -0.39 is 17.6 Å². The van der Waals surface area contributed by atoms with E-state index in [0.29, 0.717) is 28.3 Å². The normalized spacial score (nSPS) is 10.9. The van der Waals surface area contributed by atoms with Crippen LogP contribution in [0.1, 0.15) is 57.2 Å². The molecule has 40 heavy (non-hydrogen) atoms. The molecule has 4 aromatic rings. The number of alkyl halides is 3. The maximum absolute atomic E-state index is 13.1. The number of anilines is 1. The van der Waals surface area contributed by atoms with Crippen LogP contribution in [0.2, 0.25) is 0 Å². The van der Waals surface area contributed by atoms with Gasteiger partial charge >= 0.3 is 6.18 Å². The van der Waals surface area contributed by atoms with E-state index in [-0.39, 0.29) is 18.0 Å². The SMILES string of the molecule is CC(C)c1ccc(C#CCNC(=O)c2cccc(NC(=O)c3ccccc3-c3ccc(C(F)(F)F)cc3)c2)cc1. The van der Waals surface area contributed by atoms with E-state index in [1.165, 1.54) is 17.7 Å². The van der Waals surface area contributed by atoms with Gasteiger partial charge in [-0.15, -0.1) is 0 Å². The molecule has 0 aliphatic heterocycles. The van der Waals surface area contributed by atoms with E-state index in [0.717, 1.165) is 17.7 Å². The van der Waals surface area contributed by atoms with Gasteiger partial charge in [-0.3, -0.25) is 9.59 Å². The summed E-state index contributed by atoms with van der Waals surface area (Å²) < 4.78 is 38.9. The Kier molecular flexibility index (Phi) is 8.70. The van der Waals surface area contributed by atoms with Crippen LogP contribution in [0.25, 0.3) is 11.1 Å². The highest BCUT2D eigenvalue weighted by Gasteiger charge is 2.30. The first-order valence-electron chi connectivity index (χ1n) is 12.7. The molecule has 0 aromatic heterocycles. The number of hydrogen-bond acceptors (Lipinski definition) is 2. The summed E-state index contributed by atoms with van der Waals surface area (Å²) in [6, 6.07) is 25.7. The molecule has 202 valence electrons. The van der Waals surface area contributed by atoms with Gasteiger partial charge < -0.3 is 10.6 Å². The number of nitrogens with one attached hydrogen (secondary N) is 2. The Bertz CT molecular complexity index is 1560. The number of hydrogen-bond donors (Lipinski definition) is 2. The second-order valence-corrected chi connectivity index (χ2v) is 9.42. The molecular formula is C33H27F3N2O2. The van der Waals surface area contributed by atoms with Gasteiger partial charge in [-0.25, -0.2) is 0 Å². The van der Waals surface area contributed by atoms with Crippen LogP contribution in [0.4, 0.5) is 18.9 Å². The van der Waals surface area contributed by atoms with Crippen LogP contribution in [-0.2, 0) is 6.18 Å². The summed E-state index contributed by atoms with van der Waals surface area (Å²) >= 11 is 0. The zero-order valence-corrected chi connectivity index (χ0v) is 22.0. The lowest BCUT2D eigenvalue weighted by Crippen LogP contribution is -2.23. The number of amides is 2. The standard InChI is InChI=1S/C33H27F3N2O2/c1-22(2)24-14-12-23(13-15-24)7-6-20-37-31(39)26-8-5-9-28(21-26)38-32(40)30-11-4-3-10-29(30)25-16-18-27(19-17-25)33(34,35)36/h3-5,8-19,21-22H,20H2,1-2H3,(H,37,39)(H,38,40). The zero-order chi connectivity index (χ0) is 28.7. The van der Waals surface area contributed by atoms with Crippen LogP contribution < -0.4 is 10.6 Å². The monoisotopic (exact) mass is 540 g/mol. The van der Waals surface area contributed by atoms with Crippen molar-refractivity contribution in [2.24, 2.45) is 0 Å². The highest BCUT2D eigenvalue weighted by atomic mass is 19.4. The summed E-state index contributed by atoms with van der Waals surface area (Å²) in [5.41, 5.74) is 3.32. The highest BCUT2D eigenvalue weighted by molar-refractivity contribution is 6.09. The molecule has 4 nitrogen and oxygen atoms in total. The first-order chi connectivity index (χ1) is 19.1. The van der Waals surface area contributed by atoms with Crippen molar-refractivity contribution < 1.29 is 22.8 Å². The van der Waals surface area contributed by atoms with Gasteiger partial charge in [-0.1, -0.05) is 74.2 Å². The molecule has 0 saturated carbocycles. The molecular weight excluding hydrogens is 513 g/mol. The fraction of sp³-hybridized carbons (Fsp3) is 0.152. The average Bonchev–Trinajstić information content (AvgIpc) is 2.95. The third kappa shape index (κ3) is 7.17. The Hall–Kier alpha value is -4.83. The molecule has 0 aliphatic rings. The van der Waals surface area contributed by atoms with Gasteiger partial charge in [0.1, 0.15) is 0 Å². The number of benzene rings is 4. The van der Waals surface area contributed by atoms with Gasteiger partial charge in [-0.2, -0.15) is 13.2 Å². The quantitative estimate of drug-likeness (QED) is 0.249. The number of rotatable bonds is 6. The molecule has 4 aromatic carbocycles. The molecule has 0 saturated heterocycles. The van der Waals surface area contributed by atoms with Crippen LogP contribution >= 0.6 is 0 Å². The van der Waals surface area contributed by atoms with Crippen LogP contribution in [0.15, 0.2) is 97.1 Å². The molecule has 2 N–H and O–H groups in total. The molecule has 0 radical (unpaired) electrons. The second kappa shape index (κ2) is 12.4. The summed E-state index contributed by atoms with van der Waals surface area (Å²) in [6.07, 6.45) is -4.45. The molecule has 2 amide bonds. The molecule has 0 atom stereocenters. The highest BCUT2D eigenvalue weighted by Crippen LogP contribution is 2.32. The van der Waals surface area contributed by atoms with Crippen molar-refractivity contribution in [2.75, 3.05) is 11.9 Å². The Labute approximate surface area is 231 Å². The predicted molar refractivity (Wildman–Crippen MR) is 151 cm³/mol. The minimum Gasteiger partial charge on any atom is -0.341 e. The fourth-order valence-electron chi connectivity index (χ4n) is 4.03. The van der Waals surface area contributed by atoms with E-state index in [1.54, 1.807) is 48.5 Å². The Morgan fingerprint density at radius 1 is 0.825 bits per heavy atom. The molecule has 4 rings (SSSR count). The number of carbonyl (C=O) groups is 2. The maximum atomic E-state index is 13.1. The van der Waals surface area contributed by atoms with E-state index in [4.69, 9.17) is 0 Å². The number of halogens is 3. The van der Waals surface area contributed by atoms with Crippen LogP contribution in [-0.4, -0.2) is 18.4 Å². The topological polar surface area (TPSA) is 58.2 Å². The van der Waals surface area contributed by atoms with Crippen LogP contribution in [0.3, 0.4) is 0 Å². The van der Waals surface area contributed by atoms with E-state index >= 15 is 0 Å². The van der Waals surface area contributed by atoms with Crippen molar-refractivity contribution in [3.8, 4) is 23.0 Å². The van der Waals surface area contributed by atoms with E-state index in [9.17, 15) is 22.8 Å². The van der Waals surface area contributed by atoms with Crippen molar-refractivity contribution in [2.45, 2.75) is 25.9 Å². The zero-order valence-electron chi connectivity index (χ0n) is 22.0. The van der Waals surface area contributed by atoms with E-state index in [2.05, 4.69) is 36.3 Å². The molecule has 0 unspecified atom stereocenters. The Morgan fingerprint density at radius 2 is 1.52 bits per heavy atom. The lowest BCUT2D eigenvalue weighted by Gasteiger charge is -2.12. The maximum Gasteiger partial charge on any atom is 0.416 e. The molecule has 0 fully saturated rings. The Balaban J connectivity index is 1.41. The van der Waals surface area contributed by atoms with Crippen molar-refractivity contribution in [1.29, 1.82) is 0 Å². The molecule has 0 bridgehead atoms. The minimum absolute atomic E-state index is 0.155. The smallest absolute Gasteiger partial charge is 0.341 e. The fourth-order valence-corrected chi connectivity index (χ4v) is 4.03. The van der Waals surface area contributed by atoms with Crippen LogP contribution in [0, 0.1) is 11.8 Å². The summed E-state index contributed by atoms with van der Waals surface area (Å²) in [7, 11) is 0. The molecule has 0 aliphatic carbocycles. The van der Waals surface area contributed by atoms with Crippen molar-refractivity contribution in [3.63, 3.8) is 0 Å². The van der Waals surface area contributed by atoms with Crippen molar-refractivity contribution in [3.05, 3.63) is 125 Å². The van der Waals surface area contributed by atoms with Crippen molar-refractivity contribution in [1.82, 2.24) is 5.32 Å². The predicted octanol–water partition coefficient (Wildman–Crippen LogP) is 7.53. The lowest BCUT2D eigenvalue weighted by molar-refractivity contribution is -0.137. The van der Waals surface area contributed by atoms with Crippen molar-refractivity contribution >= 4 is 17.5 Å². The minimum atomic E-state index is -4.45. The first-order valence-corrected chi connectivity index (χ1v) is 12.7. The molecule has 7 heteroatoms. The van der Waals surface area contributed by atoms with Gasteiger partial charge in [-0.05, 0) is 71.1 Å². The molecule has 0 heterocycles. The summed E-state index contributed by atoms with van der Waals surface area (Å²) in [5.74, 6) is 5.61. The summed E-state index contributed by atoms with van der Waals surface area (Å²) in [4.78, 5) is 25.8. The summed E-state index contributed by atoms with van der Waals surface area (Å²) in [6.45, 7) is 4.40. The van der Waals surface area contributed by atoms with Crippen LogP contribution in [0.5, 0.6) is 0 Å². The Morgan fingerprint density at radius 3 is 2.20 bits per heavy atom. The van der Waals surface area contributed by atoms with Gasteiger partial charge in [0.15, 0.2) is 0 Å². The molecule has 0 spiro atoms. The third-order valence-corrected chi connectivity index (χ3v) is 6.22. The third-order valence-electron chi connectivity index (χ3n) is 6.22. The number of carbonyl (C=O) groups excluding carboxylic acids is 2. The van der Waals surface area contributed by atoms with Gasteiger partial charge in [0.2, 0.25) is 0 Å². The van der Waals surface area contributed by atoms with E-state index in [1.807, 2.05) is 24.3 Å². The van der Waals surface area contributed by atoms with Gasteiger partial charge in [0.25, 0.3) is 11.8 Å². The second-order valence-electron chi connectivity index (χ2n) is 9.42. The largest absolute Gasteiger partial charge is 0.416 e. The summed E-state index contributed by atoms with van der Waals surface area (Å²) in [5, 5.41) is 5.52. The van der Waals surface area contributed by atoms with Gasteiger partial charge in [0.05, 0.1) is 12.1 Å². The van der Waals surface area contributed by atoms with Gasteiger partial charge in [0, 0.05) is 22.4 Å². The average molecular weight is 541 g/mol. The lowest BCUT2D eigenvalue weighted by atomic mass is 9.98. The first kappa shape index (κ1) is 28.2.